The van der Waals surface area contributed by atoms with Gasteiger partial charge in [0.25, 0.3) is 0 Å². The third kappa shape index (κ3) is 3.87. The van der Waals surface area contributed by atoms with Crippen LogP contribution in [0.2, 0.25) is 5.02 Å². The summed E-state index contributed by atoms with van der Waals surface area (Å²) in [6.07, 6.45) is 3.56. The summed E-state index contributed by atoms with van der Waals surface area (Å²) in [6, 6.07) is 25.9. The van der Waals surface area contributed by atoms with Gasteiger partial charge in [-0.3, -0.25) is 9.78 Å². The van der Waals surface area contributed by atoms with E-state index in [0.717, 1.165) is 28.7 Å². The lowest BCUT2D eigenvalue weighted by Crippen LogP contribution is -2.29. The minimum absolute atomic E-state index is 0.0210. The predicted octanol–water partition coefficient (Wildman–Crippen LogP) is 5.75. The summed E-state index contributed by atoms with van der Waals surface area (Å²) in [5.74, 6) is -0.0994. The van der Waals surface area contributed by atoms with Gasteiger partial charge < -0.3 is 10.2 Å². The summed E-state index contributed by atoms with van der Waals surface area (Å²) in [4.78, 5) is 19.9. The molecule has 1 amide bonds. The maximum atomic E-state index is 13.5. The average Bonchev–Trinajstić information content (AvgIpc) is 3.26. The largest absolute Gasteiger partial charge is 0.369 e. The lowest BCUT2D eigenvalue weighted by atomic mass is 9.88. The van der Waals surface area contributed by atoms with E-state index in [-0.39, 0.29) is 17.7 Å². The third-order valence-corrected chi connectivity index (χ3v) is 6.34. The SMILES string of the molecule is O=C(Nc1cccc2cnccc12)[C@H]1CN(c2ccccc2Cl)C[C@@H]1c1ccccc1. The predicted molar refractivity (Wildman–Crippen MR) is 127 cm³/mol. The smallest absolute Gasteiger partial charge is 0.229 e. The van der Waals surface area contributed by atoms with Crippen molar-refractivity contribution in [3.8, 4) is 0 Å². The van der Waals surface area contributed by atoms with Gasteiger partial charge in [0.15, 0.2) is 0 Å². The molecule has 2 heterocycles. The van der Waals surface area contributed by atoms with Gasteiger partial charge in [-0.25, -0.2) is 0 Å². The van der Waals surface area contributed by atoms with Crippen LogP contribution in [0.5, 0.6) is 0 Å². The van der Waals surface area contributed by atoms with Crippen LogP contribution < -0.4 is 10.2 Å². The Kier molecular flexibility index (Phi) is 5.31. The molecule has 2 atom stereocenters. The standard InChI is InChI=1S/C26H22ClN3O/c27-23-10-4-5-12-25(23)30-16-21(18-7-2-1-3-8-18)22(17-30)26(31)29-24-11-6-9-19-15-28-14-13-20(19)24/h1-15,21-22H,16-17H2,(H,29,31)/t21-,22+/m1/s1. The van der Waals surface area contributed by atoms with Crippen molar-refractivity contribution < 1.29 is 4.79 Å². The number of halogens is 1. The highest BCUT2D eigenvalue weighted by molar-refractivity contribution is 6.33. The van der Waals surface area contributed by atoms with Crippen molar-refractivity contribution >= 4 is 39.7 Å². The number of pyridine rings is 1. The molecule has 0 aliphatic carbocycles. The van der Waals surface area contributed by atoms with Crippen LogP contribution >= 0.6 is 11.6 Å². The van der Waals surface area contributed by atoms with Crippen LogP contribution in [0.4, 0.5) is 11.4 Å². The minimum Gasteiger partial charge on any atom is -0.369 e. The highest BCUT2D eigenvalue weighted by Gasteiger charge is 2.39. The number of fused-ring (bicyclic) bond motifs is 1. The number of carbonyl (C=O) groups excluding carboxylic acids is 1. The molecule has 1 N–H and O–H groups in total. The summed E-state index contributed by atoms with van der Waals surface area (Å²) in [5, 5.41) is 5.89. The molecule has 1 aliphatic rings. The minimum atomic E-state index is -0.198. The van der Waals surface area contributed by atoms with Gasteiger partial charge in [-0.15, -0.1) is 0 Å². The van der Waals surface area contributed by atoms with Crippen LogP contribution in [0.15, 0.2) is 91.3 Å². The van der Waals surface area contributed by atoms with Gasteiger partial charge in [0, 0.05) is 47.9 Å². The molecule has 5 rings (SSSR count). The lowest BCUT2D eigenvalue weighted by Gasteiger charge is -2.20. The van der Waals surface area contributed by atoms with Gasteiger partial charge in [0.2, 0.25) is 5.91 Å². The van der Waals surface area contributed by atoms with Crippen LogP contribution in [0.25, 0.3) is 10.8 Å². The number of nitrogens with one attached hydrogen (secondary N) is 1. The molecule has 0 unspecified atom stereocenters. The first-order valence-electron chi connectivity index (χ1n) is 10.4. The molecule has 1 aliphatic heterocycles. The first kappa shape index (κ1) is 19.6. The second-order valence-electron chi connectivity index (χ2n) is 7.87. The second kappa shape index (κ2) is 8.40. The van der Waals surface area contributed by atoms with Gasteiger partial charge >= 0.3 is 0 Å². The average molecular weight is 428 g/mol. The maximum absolute atomic E-state index is 13.5. The number of anilines is 2. The first-order chi connectivity index (χ1) is 15.2. The number of amides is 1. The van der Waals surface area contributed by atoms with Crippen molar-refractivity contribution in [1.29, 1.82) is 0 Å². The molecule has 5 heteroatoms. The van der Waals surface area contributed by atoms with E-state index >= 15 is 0 Å². The first-order valence-corrected chi connectivity index (χ1v) is 10.8. The Bertz CT molecular complexity index is 1220. The molecule has 1 aromatic heterocycles. The Labute approximate surface area is 186 Å². The van der Waals surface area contributed by atoms with E-state index < -0.39 is 0 Å². The third-order valence-electron chi connectivity index (χ3n) is 6.02. The number of aromatic nitrogens is 1. The molecule has 154 valence electrons. The van der Waals surface area contributed by atoms with E-state index in [2.05, 4.69) is 27.3 Å². The van der Waals surface area contributed by atoms with Crippen LogP contribution in [-0.4, -0.2) is 24.0 Å². The molecular formula is C26H22ClN3O. The number of hydrogen-bond acceptors (Lipinski definition) is 3. The van der Waals surface area contributed by atoms with E-state index in [1.807, 2.05) is 72.9 Å². The maximum Gasteiger partial charge on any atom is 0.229 e. The summed E-state index contributed by atoms with van der Waals surface area (Å²) >= 11 is 6.47. The normalized spacial score (nSPS) is 18.3. The van der Waals surface area contributed by atoms with Crippen molar-refractivity contribution in [3.63, 3.8) is 0 Å². The molecule has 3 aromatic carbocycles. The zero-order valence-corrected chi connectivity index (χ0v) is 17.7. The molecule has 0 bridgehead atoms. The Hall–Kier alpha value is -3.37. The van der Waals surface area contributed by atoms with Crippen molar-refractivity contribution in [2.75, 3.05) is 23.3 Å². The monoisotopic (exact) mass is 427 g/mol. The zero-order chi connectivity index (χ0) is 21.2. The Morgan fingerprint density at radius 2 is 1.74 bits per heavy atom. The van der Waals surface area contributed by atoms with Gasteiger partial charge in [0.05, 0.1) is 16.6 Å². The van der Waals surface area contributed by atoms with Crippen molar-refractivity contribution in [3.05, 3.63) is 102 Å². The number of carbonyl (C=O) groups is 1. The summed E-state index contributed by atoms with van der Waals surface area (Å²) in [6.45, 7) is 1.35. The molecular weight excluding hydrogens is 406 g/mol. The lowest BCUT2D eigenvalue weighted by molar-refractivity contribution is -0.119. The number of benzene rings is 3. The highest BCUT2D eigenvalue weighted by atomic mass is 35.5. The summed E-state index contributed by atoms with van der Waals surface area (Å²) in [5.41, 5.74) is 2.95. The van der Waals surface area contributed by atoms with Crippen LogP contribution in [0.1, 0.15) is 11.5 Å². The number of hydrogen-bond donors (Lipinski definition) is 1. The Balaban J connectivity index is 1.47. The molecule has 4 aromatic rings. The molecule has 4 nitrogen and oxygen atoms in total. The fourth-order valence-corrected chi connectivity index (χ4v) is 4.72. The number of para-hydroxylation sites is 1. The number of nitrogens with zero attached hydrogens (tertiary/aromatic N) is 2. The zero-order valence-electron chi connectivity index (χ0n) is 16.9. The van der Waals surface area contributed by atoms with Gasteiger partial charge in [0.1, 0.15) is 0 Å². The number of rotatable bonds is 4. The van der Waals surface area contributed by atoms with Crippen molar-refractivity contribution in [1.82, 2.24) is 4.98 Å². The quantitative estimate of drug-likeness (QED) is 0.451. The topological polar surface area (TPSA) is 45.2 Å². The summed E-state index contributed by atoms with van der Waals surface area (Å²) in [7, 11) is 0. The molecule has 0 radical (unpaired) electrons. The fourth-order valence-electron chi connectivity index (χ4n) is 4.47. The van der Waals surface area contributed by atoms with Crippen molar-refractivity contribution in [2.45, 2.75) is 5.92 Å². The highest BCUT2D eigenvalue weighted by Crippen LogP contribution is 2.38. The summed E-state index contributed by atoms with van der Waals surface area (Å²) < 4.78 is 0. The molecule has 1 saturated heterocycles. The van der Waals surface area contributed by atoms with E-state index in [1.54, 1.807) is 6.20 Å². The second-order valence-corrected chi connectivity index (χ2v) is 8.28. The van der Waals surface area contributed by atoms with Gasteiger partial charge in [-0.05, 0) is 29.8 Å². The van der Waals surface area contributed by atoms with E-state index in [4.69, 9.17) is 11.6 Å². The van der Waals surface area contributed by atoms with E-state index in [0.29, 0.717) is 11.6 Å². The molecule has 1 fully saturated rings. The van der Waals surface area contributed by atoms with Crippen LogP contribution in [0.3, 0.4) is 0 Å². The van der Waals surface area contributed by atoms with Crippen LogP contribution in [-0.2, 0) is 4.79 Å². The van der Waals surface area contributed by atoms with Crippen LogP contribution in [0, 0.1) is 5.92 Å². The Morgan fingerprint density at radius 1 is 0.935 bits per heavy atom. The van der Waals surface area contributed by atoms with E-state index in [9.17, 15) is 4.79 Å². The fraction of sp³-hybridized carbons (Fsp3) is 0.154. The van der Waals surface area contributed by atoms with Gasteiger partial charge in [-0.1, -0.05) is 66.2 Å². The molecule has 31 heavy (non-hydrogen) atoms. The van der Waals surface area contributed by atoms with E-state index in [1.165, 1.54) is 5.56 Å². The van der Waals surface area contributed by atoms with Crippen molar-refractivity contribution in [2.24, 2.45) is 5.92 Å². The van der Waals surface area contributed by atoms with Gasteiger partial charge in [-0.2, -0.15) is 0 Å². The Morgan fingerprint density at radius 3 is 2.58 bits per heavy atom. The molecule has 0 spiro atoms. The molecule has 0 saturated carbocycles.